The Labute approximate surface area is 57.8 Å². The fourth-order valence-corrected chi connectivity index (χ4v) is 0. The van der Waals surface area contributed by atoms with Crippen molar-refractivity contribution >= 4 is 21.9 Å². The molecule has 0 amide bonds. The van der Waals surface area contributed by atoms with Crippen molar-refractivity contribution in [3.05, 3.63) is 0 Å². The molecule has 0 aromatic carbocycles. The Morgan fingerprint density at radius 3 is 1.56 bits per heavy atom. The molecule has 56 valence electrons. The summed E-state index contributed by atoms with van der Waals surface area (Å²) in [6.07, 6.45) is 0. The lowest BCUT2D eigenvalue weighted by molar-refractivity contribution is -0.134. The number of rotatable bonds is 0. The fraction of sp³-hybridized carbons (Fsp3) is 0.667. The first-order chi connectivity index (χ1) is 3.73. The van der Waals surface area contributed by atoms with Crippen LogP contribution in [0.4, 0.5) is 13.2 Å². The molecule has 0 spiro atoms. The van der Waals surface area contributed by atoms with Crippen LogP contribution in [0.5, 0.6) is 0 Å². The Bertz CT molecular complexity index is 79.5. The van der Waals surface area contributed by atoms with E-state index in [4.69, 9.17) is 9.90 Å². The number of hydrogen-bond acceptors (Lipinski definition) is 1. The van der Waals surface area contributed by atoms with Crippen LogP contribution in [0.15, 0.2) is 0 Å². The van der Waals surface area contributed by atoms with Crippen molar-refractivity contribution < 1.29 is 23.1 Å². The zero-order valence-electron chi connectivity index (χ0n) is 4.37. The van der Waals surface area contributed by atoms with Crippen LogP contribution in [0, 0.1) is 0 Å². The highest BCUT2D eigenvalue weighted by molar-refractivity contribution is 9.09. The molecule has 0 unspecified atom stereocenters. The molecule has 0 radical (unpaired) electrons. The summed E-state index contributed by atoms with van der Waals surface area (Å²) in [5, 5.41) is 3.23. The van der Waals surface area contributed by atoms with Crippen molar-refractivity contribution in [2.24, 2.45) is 0 Å². The molecule has 0 aliphatic rings. The normalized spacial score (nSPS) is 9.44. The van der Waals surface area contributed by atoms with E-state index in [0.717, 1.165) is 6.92 Å². The topological polar surface area (TPSA) is 37.3 Å². The molecule has 0 saturated heterocycles. The van der Waals surface area contributed by atoms with Gasteiger partial charge in [-0.3, -0.25) is 4.79 Å². The van der Waals surface area contributed by atoms with Crippen molar-refractivity contribution in [1.29, 1.82) is 0 Å². The van der Waals surface area contributed by atoms with E-state index in [9.17, 15) is 13.2 Å². The van der Waals surface area contributed by atoms with Crippen LogP contribution in [0.2, 0.25) is 0 Å². The summed E-state index contributed by atoms with van der Waals surface area (Å²) in [7, 11) is 0. The third-order valence-corrected chi connectivity index (χ3v) is 0. The summed E-state index contributed by atoms with van der Waals surface area (Å²) < 4.78 is 30.8. The number of halogens is 4. The van der Waals surface area contributed by atoms with Gasteiger partial charge >= 0.3 is 5.09 Å². The van der Waals surface area contributed by atoms with Gasteiger partial charge in [0.2, 0.25) is 0 Å². The maximum atomic E-state index is 10.3. The molecule has 2 nitrogen and oxygen atoms in total. The van der Waals surface area contributed by atoms with Gasteiger partial charge in [0.25, 0.3) is 5.97 Å². The molecule has 9 heavy (non-hydrogen) atoms. The monoisotopic (exact) mass is 208 g/mol. The van der Waals surface area contributed by atoms with Crippen LogP contribution >= 0.6 is 15.9 Å². The van der Waals surface area contributed by atoms with Gasteiger partial charge in [-0.1, -0.05) is 0 Å². The minimum atomic E-state index is -4.19. The van der Waals surface area contributed by atoms with Crippen molar-refractivity contribution in [1.82, 2.24) is 0 Å². The standard InChI is InChI=1S/C2H4O2.CBrF3/c1-2(3)4;2-1(3,4)5/h1H3,(H,3,4);. The Balaban J connectivity index is 0. The van der Waals surface area contributed by atoms with Gasteiger partial charge in [0.05, 0.1) is 0 Å². The van der Waals surface area contributed by atoms with E-state index in [1.807, 2.05) is 0 Å². The summed E-state index contributed by atoms with van der Waals surface area (Å²) in [4.78, 5) is 9.00. The van der Waals surface area contributed by atoms with Gasteiger partial charge in [0.15, 0.2) is 0 Å². The molecular formula is C3H4BrF3O2. The van der Waals surface area contributed by atoms with E-state index >= 15 is 0 Å². The molecule has 0 aromatic rings. The van der Waals surface area contributed by atoms with Gasteiger partial charge in [-0.2, -0.15) is 13.2 Å². The summed E-state index contributed by atoms with van der Waals surface area (Å²) in [6.45, 7) is 1.08. The molecule has 0 bridgehead atoms. The lowest BCUT2D eigenvalue weighted by atomic mass is 10.9. The first-order valence-electron chi connectivity index (χ1n) is 1.68. The lowest BCUT2D eigenvalue weighted by Gasteiger charge is -1.85. The van der Waals surface area contributed by atoms with Crippen molar-refractivity contribution in [2.45, 2.75) is 12.0 Å². The van der Waals surface area contributed by atoms with E-state index in [1.54, 1.807) is 0 Å². The maximum Gasteiger partial charge on any atom is 0.448 e. The molecular weight excluding hydrogens is 205 g/mol. The molecule has 0 atom stereocenters. The van der Waals surface area contributed by atoms with Crippen molar-refractivity contribution in [3.63, 3.8) is 0 Å². The van der Waals surface area contributed by atoms with Crippen LogP contribution in [0.1, 0.15) is 6.92 Å². The molecule has 6 heteroatoms. The third kappa shape index (κ3) is 3770. The predicted molar refractivity (Wildman–Crippen MR) is 28.3 cm³/mol. The largest absolute Gasteiger partial charge is 0.481 e. The molecule has 0 aliphatic carbocycles. The van der Waals surface area contributed by atoms with E-state index in [0.29, 0.717) is 0 Å². The number of carboxylic acids is 1. The second kappa shape index (κ2) is 4.60. The van der Waals surface area contributed by atoms with Crippen LogP contribution in [0.25, 0.3) is 0 Å². The number of carbonyl (C=O) groups is 1. The smallest absolute Gasteiger partial charge is 0.448 e. The third-order valence-electron chi connectivity index (χ3n) is 0. The van der Waals surface area contributed by atoms with Crippen molar-refractivity contribution in [3.8, 4) is 0 Å². The highest BCUT2D eigenvalue weighted by Crippen LogP contribution is 2.21. The minimum Gasteiger partial charge on any atom is -0.481 e. The van der Waals surface area contributed by atoms with E-state index < -0.39 is 11.1 Å². The zero-order valence-corrected chi connectivity index (χ0v) is 5.95. The van der Waals surface area contributed by atoms with Crippen LogP contribution in [-0.2, 0) is 4.79 Å². The molecule has 0 aromatic heterocycles. The summed E-state index contributed by atoms with van der Waals surface area (Å²) in [5.41, 5.74) is 0. The highest BCUT2D eigenvalue weighted by Gasteiger charge is 2.19. The SMILES string of the molecule is CC(=O)O.FC(F)(F)Br. The molecule has 0 saturated carbocycles. The average molecular weight is 209 g/mol. The summed E-state index contributed by atoms with van der Waals surface area (Å²) in [6, 6.07) is 0. The van der Waals surface area contributed by atoms with Gasteiger partial charge < -0.3 is 5.11 Å². The quantitative estimate of drug-likeness (QED) is 0.619. The number of hydrogen-bond donors (Lipinski definition) is 1. The second-order valence-corrected chi connectivity index (χ2v) is 1.85. The van der Waals surface area contributed by atoms with Gasteiger partial charge in [0.1, 0.15) is 0 Å². The van der Waals surface area contributed by atoms with Gasteiger partial charge in [-0.25, -0.2) is 0 Å². The first kappa shape index (κ1) is 11.5. The van der Waals surface area contributed by atoms with Gasteiger partial charge in [-0.15, -0.1) is 0 Å². The molecule has 0 aliphatic heterocycles. The molecule has 0 heterocycles. The minimum absolute atomic E-state index is 0.833. The number of carboxylic acid groups (broad SMARTS) is 1. The molecule has 0 rings (SSSR count). The van der Waals surface area contributed by atoms with E-state index in [-0.39, 0.29) is 0 Å². The lowest BCUT2D eigenvalue weighted by Crippen LogP contribution is -1.88. The predicted octanol–water partition coefficient (Wildman–Crippen LogP) is 1.99. The van der Waals surface area contributed by atoms with Crippen molar-refractivity contribution in [2.75, 3.05) is 0 Å². The number of aliphatic carboxylic acids is 1. The Hall–Kier alpha value is -0.260. The average Bonchev–Trinajstić information content (AvgIpc) is 1.19. The summed E-state index contributed by atoms with van der Waals surface area (Å²) >= 11 is 1.38. The van der Waals surface area contributed by atoms with E-state index in [2.05, 4.69) is 0 Å². The number of alkyl halides is 4. The Kier molecular flexibility index (Phi) is 5.89. The Morgan fingerprint density at radius 1 is 1.56 bits per heavy atom. The summed E-state index contributed by atoms with van der Waals surface area (Å²) in [5.74, 6) is -0.833. The second-order valence-electron chi connectivity index (χ2n) is 0.948. The Morgan fingerprint density at radius 2 is 1.56 bits per heavy atom. The molecule has 1 N–H and O–H groups in total. The van der Waals surface area contributed by atoms with E-state index in [1.165, 1.54) is 15.9 Å². The fourth-order valence-electron chi connectivity index (χ4n) is 0. The van der Waals surface area contributed by atoms with Crippen LogP contribution in [-0.4, -0.2) is 16.2 Å². The van der Waals surface area contributed by atoms with Gasteiger partial charge in [0, 0.05) is 22.9 Å². The van der Waals surface area contributed by atoms with Crippen LogP contribution in [0.3, 0.4) is 0 Å². The first-order valence-corrected chi connectivity index (χ1v) is 2.48. The van der Waals surface area contributed by atoms with Gasteiger partial charge in [-0.05, 0) is 0 Å². The highest BCUT2D eigenvalue weighted by atomic mass is 79.9. The molecule has 0 fully saturated rings. The van der Waals surface area contributed by atoms with Crippen LogP contribution < -0.4 is 0 Å². The zero-order chi connectivity index (χ0) is 8.08. The maximum absolute atomic E-state index is 10.3.